The summed E-state index contributed by atoms with van der Waals surface area (Å²) >= 11 is 24.6. The average Bonchev–Trinajstić information content (AvgIpc) is 2.86. The first kappa shape index (κ1) is 17.7. The van der Waals surface area contributed by atoms with Crippen molar-refractivity contribution in [1.82, 2.24) is 5.43 Å². The molecule has 0 saturated carbocycles. The molecule has 0 saturated heterocycles. The molecule has 2 aromatic carbocycles. The first-order valence-electron chi connectivity index (χ1n) is 7.21. The molecule has 24 heavy (non-hydrogen) atoms. The number of hydrazine groups is 1. The fourth-order valence-corrected chi connectivity index (χ4v) is 3.56. The summed E-state index contributed by atoms with van der Waals surface area (Å²) in [5, 5.41) is 4.21. The van der Waals surface area contributed by atoms with Crippen LogP contribution in [0.1, 0.15) is 12.5 Å². The maximum absolute atomic E-state index is 6.40. The van der Waals surface area contributed by atoms with Crippen LogP contribution >= 0.6 is 46.4 Å². The van der Waals surface area contributed by atoms with E-state index >= 15 is 0 Å². The van der Waals surface area contributed by atoms with Crippen molar-refractivity contribution in [2.45, 2.75) is 13.0 Å². The zero-order valence-electron chi connectivity index (χ0n) is 12.8. The van der Waals surface area contributed by atoms with E-state index in [0.29, 0.717) is 20.1 Å². The number of nitrogens with zero attached hydrogens (tertiary/aromatic N) is 1. The zero-order valence-corrected chi connectivity index (χ0v) is 15.8. The molecule has 1 aliphatic rings. The van der Waals surface area contributed by atoms with Crippen LogP contribution in [-0.2, 0) is 0 Å². The van der Waals surface area contributed by atoms with Crippen molar-refractivity contribution >= 4 is 57.8 Å². The highest BCUT2D eigenvalue weighted by molar-refractivity contribution is 6.36. The summed E-state index contributed by atoms with van der Waals surface area (Å²) in [5.74, 6) is 0. The van der Waals surface area contributed by atoms with Crippen LogP contribution < -0.4 is 10.4 Å². The second kappa shape index (κ2) is 6.99. The van der Waals surface area contributed by atoms with Gasteiger partial charge in [-0.15, -0.1) is 0 Å². The molecule has 6 heteroatoms. The van der Waals surface area contributed by atoms with Crippen LogP contribution in [0, 0.1) is 0 Å². The van der Waals surface area contributed by atoms with E-state index in [1.807, 2.05) is 42.3 Å². The van der Waals surface area contributed by atoms with Crippen LogP contribution in [0.25, 0.3) is 5.70 Å². The summed E-state index contributed by atoms with van der Waals surface area (Å²) in [6, 6.07) is 12.8. The van der Waals surface area contributed by atoms with Crippen LogP contribution in [0.15, 0.2) is 59.6 Å². The van der Waals surface area contributed by atoms with Crippen molar-refractivity contribution in [3.05, 3.63) is 80.3 Å². The molecule has 0 radical (unpaired) electrons. The third kappa shape index (κ3) is 3.30. The molecule has 2 aromatic rings. The van der Waals surface area contributed by atoms with Crippen molar-refractivity contribution in [3.8, 4) is 0 Å². The van der Waals surface area contributed by atoms with Gasteiger partial charge in [-0.2, -0.15) is 0 Å². The highest BCUT2D eigenvalue weighted by atomic mass is 35.5. The smallest absolute Gasteiger partial charge is 0.0847 e. The third-order valence-electron chi connectivity index (χ3n) is 3.87. The van der Waals surface area contributed by atoms with E-state index < -0.39 is 0 Å². The lowest BCUT2D eigenvalue weighted by atomic mass is 10.0. The molecule has 1 aliphatic heterocycles. The molecule has 0 bridgehead atoms. The van der Waals surface area contributed by atoms with Crippen LogP contribution in [0.5, 0.6) is 0 Å². The standard InChI is InChI=1S/C18H14Cl4N2/c1-10-17(11(2)19)23-24(16-8-7-14(21)9-15(16)22)18(10)12-3-5-13(20)6-4-12/h3-9,17,23H,2H2,1H3. The van der Waals surface area contributed by atoms with Gasteiger partial charge in [0.05, 0.1) is 22.4 Å². The molecule has 1 unspecified atom stereocenters. The SMILES string of the molecule is C=C(Cl)C1NN(c2ccc(Cl)cc2Cl)C(c2ccc(Cl)cc2)=C1C. The molecular weight excluding hydrogens is 386 g/mol. The highest BCUT2D eigenvalue weighted by Gasteiger charge is 2.32. The molecule has 124 valence electrons. The second-order valence-corrected chi connectivity index (χ2v) is 7.24. The predicted molar refractivity (Wildman–Crippen MR) is 105 cm³/mol. The average molecular weight is 400 g/mol. The Labute approximate surface area is 161 Å². The Hall–Kier alpha value is -1.16. The van der Waals surface area contributed by atoms with Crippen molar-refractivity contribution in [2.75, 3.05) is 5.01 Å². The molecular formula is C18H14Cl4N2. The summed E-state index contributed by atoms with van der Waals surface area (Å²) < 4.78 is 0. The maximum atomic E-state index is 6.40. The molecule has 0 spiro atoms. The summed E-state index contributed by atoms with van der Waals surface area (Å²) in [6.45, 7) is 5.87. The van der Waals surface area contributed by atoms with Crippen LogP contribution in [-0.4, -0.2) is 6.04 Å². The lowest BCUT2D eigenvalue weighted by Gasteiger charge is -2.25. The van der Waals surface area contributed by atoms with Crippen molar-refractivity contribution in [3.63, 3.8) is 0 Å². The van der Waals surface area contributed by atoms with Crippen LogP contribution in [0.2, 0.25) is 15.1 Å². The van der Waals surface area contributed by atoms with Gasteiger partial charge in [0.1, 0.15) is 0 Å². The fraction of sp³-hybridized carbons (Fsp3) is 0.111. The Morgan fingerprint density at radius 1 is 1.04 bits per heavy atom. The molecule has 2 nitrogen and oxygen atoms in total. The highest BCUT2D eigenvalue weighted by Crippen LogP contribution is 2.39. The van der Waals surface area contributed by atoms with Gasteiger partial charge >= 0.3 is 0 Å². The normalized spacial score (nSPS) is 17.5. The number of hydrogen-bond acceptors (Lipinski definition) is 2. The number of hydrogen-bond donors (Lipinski definition) is 1. The van der Waals surface area contributed by atoms with Crippen molar-refractivity contribution in [1.29, 1.82) is 0 Å². The van der Waals surface area contributed by atoms with E-state index in [1.54, 1.807) is 12.1 Å². The predicted octanol–water partition coefficient (Wildman–Crippen LogP) is 6.52. The quantitative estimate of drug-likeness (QED) is 0.631. The van der Waals surface area contributed by atoms with Gasteiger partial charge in [0.25, 0.3) is 0 Å². The van der Waals surface area contributed by atoms with E-state index in [2.05, 4.69) is 12.0 Å². The number of rotatable bonds is 3. The number of anilines is 1. The fourth-order valence-electron chi connectivity index (χ4n) is 2.73. The van der Waals surface area contributed by atoms with E-state index in [0.717, 1.165) is 22.5 Å². The van der Waals surface area contributed by atoms with E-state index in [9.17, 15) is 0 Å². The topological polar surface area (TPSA) is 15.3 Å². The summed E-state index contributed by atoms with van der Waals surface area (Å²) in [7, 11) is 0. The van der Waals surface area contributed by atoms with E-state index in [4.69, 9.17) is 46.4 Å². The van der Waals surface area contributed by atoms with Crippen molar-refractivity contribution < 1.29 is 0 Å². The van der Waals surface area contributed by atoms with E-state index in [1.165, 1.54) is 0 Å². The number of halogens is 4. The van der Waals surface area contributed by atoms with Gasteiger partial charge in [0.15, 0.2) is 0 Å². The molecule has 0 aromatic heterocycles. The minimum Gasteiger partial charge on any atom is -0.274 e. The number of benzene rings is 2. The summed E-state index contributed by atoms with van der Waals surface area (Å²) in [4.78, 5) is 0. The molecule has 3 rings (SSSR count). The largest absolute Gasteiger partial charge is 0.274 e. The lowest BCUT2D eigenvalue weighted by molar-refractivity contribution is 0.708. The Morgan fingerprint density at radius 2 is 1.67 bits per heavy atom. The second-order valence-electron chi connectivity index (χ2n) is 5.48. The van der Waals surface area contributed by atoms with E-state index in [-0.39, 0.29) is 6.04 Å². The number of nitrogens with one attached hydrogen (secondary N) is 1. The molecule has 1 heterocycles. The molecule has 1 atom stereocenters. The van der Waals surface area contributed by atoms with Gasteiger partial charge < -0.3 is 0 Å². The van der Waals surface area contributed by atoms with Gasteiger partial charge in [-0.05, 0) is 48.4 Å². The van der Waals surface area contributed by atoms with Gasteiger partial charge in [-0.1, -0.05) is 65.1 Å². The van der Waals surface area contributed by atoms with Gasteiger partial charge in [0, 0.05) is 15.1 Å². The van der Waals surface area contributed by atoms with Crippen LogP contribution in [0.3, 0.4) is 0 Å². The lowest BCUT2D eigenvalue weighted by Crippen LogP contribution is -2.37. The molecule has 0 fully saturated rings. The Morgan fingerprint density at radius 3 is 2.25 bits per heavy atom. The van der Waals surface area contributed by atoms with Gasteiger partial charge in [0.2, 0.25) is 0 Å². The van der Waals surface area contributed by atoms with Crippen molar-refractivity contribution in [2.24, 2.45) is 0 Å². The Kier molecular flexibility index (Phi) is 5.14. The Balaban J connectivity index is 2.14. The summed E-state index contributed by atoms with van der Waals surface area (Å²) in [6.07, 6.45) is 0. The molecule has 0 aliphatic carbocycles. The molecule has 0 amide bonds. The Bertz CT molecular complexity index is 827. The first-order valence-corrected chi connectivity index (χ1v) is 8.72. The van der Waals surface area contributed by atoms with Gasteiger partial charge in [-0.3, -0.25) is 5.01 Å². The third-order valence-corrected chi connectivity index (χ3v) is 4.88. The monoisotopic (exact) mass is 398 g/mol. The minimum absolute atomic E-state index is 0.191. The zero-order chi connectivity index (χ0) is 17.4. The maximum Gasteiger partial charge on any atom is 0.0847 e. The minimum atomic E-state index is -0.191. The first-order chi connectivity index (χ1) is 11.4. The molecule has 1 N–H and O–H groups in total. The van der Waals surface area contributed by atoms with Crippen LogP contribution in [0.4, 0.5) is 5.69 Å². The summed E-state index contributed by atoms with van der Waals surface area (Å²) in [5.41, 5.74) is 7.13. The van der Waals surface area contributed by atoms with Gasteiger partial charge in [-0.25, -0.2) is 5.43 Å².